The third-order valence-corrected chi connectivity index (χ3v) is 8.98. The standard InChI is InChI=1S/C31H38N4O4/c1-21(24-19-32-26-10-5-3-8-23(24)26)28(29(36)33-20-27-38-17-6-18-39-27)34-30(37)35-15-13-31(14-16-35)12-11-22-7-2-4-9-25(22)31/h2-5,7-10,19,21,27-28,32H,6,11-18,20H2,1H3,(H,33,36)(H,34,37)/t21-,28+/m0/s1. The van der Waals surface area contributed by atoms with Gasteiger partial charge >= 0.3 is 6.03 Å². The minimum atomic E-state index is -0.747. The summed E-state index contributed by atoms with van der Waals surface area (Å²) in [7, 11) is 0. The quantitative estimate of drug-likeness (QED) is 0.445. The van der Waals surface area contributed by atoms with E-state index in [1.54, 1.807) is 0 Å². The number of aryl methyl sites for hydroxylation is 1. The van der Waals surface area contributed by atoms with Gasteiger partial charge in [0.05, 0.1) is 19.8 Å². The van der Waals surface area contributed by atoms with Gasteiger partial charge in [-0.2, -0.15) is 0 Å². The van der Waals surface area contributed by atoms with E-state index >= 15 is 0 Å². The molecule has 0 radical (unpaired) electrons. The number of nitrogens with zero attached hydrogens (tertiary/aromatic N) is 1. The fourth-order valence-electron chi connectivity index (χ4n) is 6.66. The highest BCUT2D eigenvalue weighted by Crippen LogP contribution is 2.46. The molecule has 0 bridgehead atoms. The number of hydrogen-bond acceptors (Lipinski definition) is 4. The lowest BCUT2D eigenvalue weighted by molar-refractivity contribution is -0.176. The molecule has 6 rings (SSSR count). The first-order valence-corrected chi connectivity index (χ1v) is 14.2. The highest BCUT2D eigenvalue weighted by Gasteiger charge is 2.42. The highest BCUT2D eigenvalue weighted by atomic mass is 16.7. The van der Waals surface area contributed by atoms with Crippen LogP contribution in [0.25, 0.3) is 10.9 Å². The van der Waals surface area contributed by atoms with Crippen LogP contribution >= 0.6 is 0 Å². The van der Waals surface area contributed by atoms with Gasteiger partial charge in [-0.15, -0.1) is 0 Å². The summed E-state index contributed by atoms with van der Waals surface area (Å²) in [6.07, 6.45) is 6.48. The number of benzene rings is 2. The van der Waals surface area contributed by atoms with E-state index in [2.05, 4.69) is 39.9 Å². The largest absolute Gasteiger partial charge is 0.361 e. The zero-order valence-corrected chi connectivity index (χ0v) is 22.6. The van der Waals surface area contributed by atoms with Crippen LogP contribution in [-0.4, -0.2) is 67.0 Å². The molecular weight excluding hydrogens is 492 g/mol. The molecule has 2 fully saturated rings. The number of para-hydroxylation sites is 1. The highest BCUT2D eigenvalue weighted by molar-refractivity contribution is 5.90. The summed E-state index contributed by atoms with van der Waals surface area (Å²) < 4.78 is 11.2. The molecule has 3 aromatic rings. The fourth-order valence-corrected chi connectivity index (χ4v) is 6.66. The van der Waals surface area contributed by atoms with Crippen LogP contribution in [0.3, 0.4) is 0 Å². The topological polar surface area (TPSA) is 95.7 Å². The SMILES string of the molecule is C[C@@H](c1c[nH]c2ccccc12)[C@@H](NC(=O)N1CCC2(CCc3ccccc32)CC1)C(=O)NCC1OCCCO1. The van der Waals surface area contributed by atoms with Crippen molar-refractivity contribution >= 4 is 22.8 Å². The summed E-state index contributed by atoms with van der Waals surface area (Å²) in [6, 6.07) is 15.8. The van der Waals surface area contributed by atoms with Gasteiger partial charge in [-0.3, -0.25) is 4.79 Å². The molecule has 3 N–H and O–H groups in total. The van der Waals surface area contributed by atoms with Gasteiger partial charge in [-0.1, -0.05) is 49.4 Å². The number of nitrogens with one attached hydrogen (secondary N) is 3. The maximum Gasteiger partial charge on any atom is 0.318 e. The minimum absolute atomic E-state index is 0.168. The van der Waals surface area contributed by atoms with Gasteiger partial charge in [0.15, 0.2) is 6.29 Å². The Morgan fingerprint density at radius 2 is 1.79 bits per heavy atom. The molecule has 3 aliphatic rings. The van der Waals surface area contributed by atoms with Crippen LogP contribution in [-0.2, 0) is 26.1 Å². The molecule has 39 heavy (non-hydrogen) atoms. The first-order valence-electron chi connectivity index (χ1n) is 14.2. The maximum absolute atomic E-state index is 13.6. The Kier molecular flexibility index (Phi) is 7.32. The lowest BCUT2D eigenvalue weighted by atomic mass is 9.74. The van der Waals surface area contributed by atoms with Crippen molar-refractivity contribution in [2.45, 2.75) is 62.7 Å². The van der Waals surface area contributed by atoms with Crippen molar-refractivity contribution in [2.24, 2.45) is 0 Å². The molecule has 3 amide bonds. The number of aromatic amines is 1. The molecule has 8 nitrogen and oxygen atoms in total. The number of ether oxygens (including phenoxy) is 2. The lowest BCUT2D eigenvalue weighted by Gasteiger charge is -2.40. The van der Waals surface area contributed by atoms with Crippen molar-refractivity contribution in [3.8, 4) is 0 Å². The van der Waals surface area contributed by atoms with Crippen molar-refractivity contribution in [2.75, 3.05) is 32.8 Å². The molecule has 1 aliphatic carbocycles. The number of carbonyl (C=O) groups is 2. The molecule has 0 saturated carbocycles. The second-order valence-corrected chi connectivity index (χ2v) is 11.2. The Morgan fingerprint density at radius 3 is 2.62 bits per heavy atom. The predicted octanol–water partition coefficient (Wildman–Crippen LogP) is 4.21. The summed E-state index contributed by atoms with van der Waals surface area (Å²) in [5.41, 5.74) is 5.08. The summed E-state index contributed by atoms with van der Waals surface area (Å²) in [6.45, 7) is 4.84. The van der Waals surface area contributed by atoms with E-state index in [9.17, 15) is 9.59 Å². The van der Waals surface area contributed by atoms with E-state index in [4.69, 9.17) is 9.47 Å². The minimum Gasteiger partial charge on any atom is -0.361 e. The van der Waals surface area contributed by atoms with Crippen LogP contribution in [0.5, 0.6) is 0 Å². The number of urea groups is 1. The predicted molar refractivity (Wildman–Crippen MR) is 150 cm³/mol. The van der Waals surface area contributed by atoms with Gasteiger partial charge in [0.1, 0.15) is 6.04 Å². The second kappa shape index (κ2) is 11.0. The average Bonchev–Trinajstić information content (AvgIpc) is 3.57. The fraction of sp³-hybridized carbons (Fsp3) is 0.484. The molecule has 1 spiro atoms. The number of aromatic nitrogens is 1. The van der Waals surface area contributed by atoms with Crippen LogP contribution in [0, 0.1) is 0 Å². The van der Waals surface area contributed by atoms with Crippen LogP contribution in [0.2, 0.25) is 0 Å². The third-order valence-electron chi connectivity index (χ3n) is 8.98. The van der Waals surface area contributed by atoms with Crippen molar-refractivity contribution in [1.82, 2.24) is 20.5 Å². The number of amides is 3. The molecule has 1 aromatic heterocycles. The molecule has 0 unspecified atom stereocenters. The first-order chi connectivity index (χ1) is 19.0. The van der Waals surface area contributed by atoms with E-state index in [0.717, 1.165) is 48.6 Å². The molecule has 3 heterocycles. The van der Waals surface area contributed by atoms with Crippen molar-refractivity contribution < 1.29 is 19.1 Å². The normalized spacial score (nSPS) is 20.5. The average molecular weight is 531 g/mol. The summed E-state index contributed by atoms with van der Waals surface area (Å²) in [5, 5.41) is 7.13. The Labute approximate surface area is 229 Å². The molecule has 2 atom stereocenters. The Bertz CT molecular complexity index is 1320. The summed E-state index contributed by atoms with van der Waals surface area (Å²) >= 11 is 0. The summed E-state index contributed by atoms with van der Waals surface area (Å²) in [4.78, 5) is 32.3. The molecule has 2 aromatic carbocycles. The molecule has 8 heteroatoms. The zero-order chi connectivity index (χ0) is 26.8. The van der Waals surface area contributed by atoms with Crippen LogP contribution in [0.4, 0.5) is 4.79 Å². The van der Waals surface area contributed by atoms with E-state index < -0.39 is 12.3 Å². The molecule has 2 aliphatic heterocycles. The molecular formula is C31H38N4O4. The van der Waals surface area contributed by atoms with Gasteiger partial charge in [-0.25, -0.2) is 4.79 Å². The smallest absolute Gasteiger partial charge is 0.318 e. The number of hydrogen-bond donors (Lipinski definition) is 3. The number of rotatable bonds is 6. The Balaban J connectivity index is 1.16. The number of piperidine rings is 1. The van der Waals surface area contributed by atoms with Gasteiger partial charge in [-0.05, 0) is 60.3 Å². The van der Waals surface area contributed by atoms with Gasteiger partial charge in [0.2, 0.25) is 5.91 Å². The van der Waals surface area contributed by atoms with Crippen LogP contribution in [0.15, 0.2) is 54.7 Å². The third kappa shape index (κ3) is 5.15. The van der Waals surface area contributed by atoms with Crippen molar-refractivity contribution in [1.29, 1.82) is 0 Å². The summed E-state index contributed by atoms with van der Waals surface area (Å²) in [5.74, 6) is -0.492. The van der Waals surface area contributed by atoms with Crippen molar-refractivity contribution in [3.63, 3.8) is 0 Å². The van der Waals surface area contributed by atoms with E-state index in [0.29, 0.717) is 26.3 Å². The Morgan fingerprint density at radius 1 is 1.05 bits per heavy atom. The van der Waals surface area contributed by atoms with Crippen LogP contribution in [0.1, 0.15) is 55.2 Å². The number of fused-ring (bicyclic) bond motifs is 3. The van der Waals surface area contributed by atoms with E-state index in [-0.39, 0.29) is 29.8 Å². The van der Waals surface area contributed by atoms with Gasteiger partial charge in [0, 0.05) is 36.1 Å². The number of likely N-dealkylation sites (tertiary alicyclic amines) is 1. The first kappa shape index (κ1) is 25.9. The van der Waals surface area contributed by atoms with E-state index in [1.165, 1.54) is 11.1 Å². The molecule has 2 saturated heterocycles. The van der Waals surface area contributed by atoms with Crippen molar-refractivity contribution in [3.05, 3.63) is 71.4 Å². The lowest BCUT2D eigenvalue weighted by Crippen LogP contribution is -2.56. The maximum atomic E-state index is 13.6. The number of H-pyrrole nitrogens is 1. The van der Waals surface area contributed by atoms with E-state index in [1.807, 2.05) is 42.3 Å². The van der Waals surface area contributed by atoms with Gasteiger partial charge in [0.25, 0.3) is 0 Å². The van der Waals surface area contributed by atoms with Gasteiger partial charge < -0.3 is 30.0 Å². The zero-order valence-electron chi connectivity index (χ0n) is 22.6. The monoisotopic (exact) mass is 530 g/mol. The molecule has 206 valence electrons. The number of carbonyl (C=O) groups excluding carboxylic acids is 2. The van der Waals surface area contributed by atoms with Crippen LogP contribution < -0.4 is 10.6 Å². The Hall–Kier alpha value is -3.36. The second-order valence-electron chi connectivity index (χ2n) is 11.2.